The molecule has 0 N–H and O–H groups in total. The minimum atomic E-state index is -0.310. The first-order chi connectivity index (χ1) is 11.7. The highest BCUT2D eigenvalue weighted by Gasteiger charge is 2.14. The second-order valence-electron chi connectivity index (χ2n) is 4.79. The zero-order chi connectivity index (χ0) is 16.9. The third-order valence-electron chi connectivity index (χ3n) is 3.35. The van der Waals surface area contributed by atoms with Crippen molar-refractivity contribution in [3.63, 3.8) is 0 Å². The van der Waals surface area contributed by atoms with Crippen molar-refractivity contribution >= 4 is 11.8 Å². The lowest BCUT2D eigenvalue weighted by molar-refractivity contribution is 0.409. The molecule has 3 aromatic rings. The van der Waals surface area contributed by atoms with Crippen molar-refractivity contribution in [2.24, 2.45) is 0 Å². The third-order valence-corrected chi connectivity index (χ3v) is 4.32. The number of ether oxygens (including phenoxy) is 2. The lowest BCUT2D eigenvalue weighted by Crippen LogP contribution is -2.02. The zero-order valence-electron chi connectivity index (χ0n) is 13.1. The number of halogens is 1. The Hall–Kier alpha value is -2.61. The molecule has 124 valence electrons. The van der Waals surface area contributed by atoms with Crippen LogP contribution in [0.5, 0.6) is 11.5 Å². The van der Waals surface area contributed by atoms with Crippen molar-refractivity contribution in [1.82, 2.24) is 20.2 Å². The molecule has 6 nitrogen and oxygen atoms in total. The molecule has 0 amide bonds. The number of hydrogen-bond donors (Lipinski definition) is 0. The van der Waals surface area contributed by atoms with Crippen molar-refractivity contribution in [3.8, 4) is 17.2 Å². The Morgan fingerprint density at radius 2 is 1.88 bits per heavy atom. The molecular formula is C16H15FN4O2S. The molecule has 0 fully saturated rings. The highest BCUT2D eigenvalue weighted by Crippen LogP contribution is 2.30. The molecule has 0 saturated heterocycles. The number of para-hydroxylation sites is 2. The van der Waals surface area contributed by atoms with Gasteiger partial charge in [0.1, 0.15) is 23.0 Å². The summed E-state index contributed by atoms with van der Waals surface area (Å²) in [6.07, 6.45) is 0. The number of aromatic nitrogens is 4. The van der Waals surface area contributed by atoms with Gasteiger partial charge in [-0.3, -0.25) is 0 Å². The van der Waals surface area contributed by atoms with Crippen molar-refractivity contribution in [1.29, 1.82) is 0 Å². The van der Waals surface area contributed by atoms with Gasteiger partial charge in [-0.2, -0.15) is 4.68 Å². The Labute approximate surface area is 142 Å². The second kappa shape index (κ2) is 7.31. The molecule has 0 unspecified atom stereocenters. The van der Waals surface area contributed by atoms with Gasteiger partial charge in [-0.05, 0) is 40.8 Å². The molecular weight excluding hydrogens is 331 g/mol. The Morgan fingerprint density at radius 3 is 2.67 bits per heavy atom. The predicted octanol–water partition coefficient (Wildman–Crippen LogP) is 3.11. The fourth-order valence-electron chi connectivity index (χ4n) is 2.23. The maximum Gasteiger partial charge on any atom is 0.214 e. The number of tetrazole rings is 1. The van der Waals surface area contributed by atoms with E-state index in [1.165, 1.54) is 23.9 Å². The molecule has 0 atom stereocenters. The number of methoxy groups -OCH3 is 2. The normalized spacial score (nSPS) is 10.6. The van der Waals surface area contributed by atoms with Crippen molar-refractivity contribution < 1.29 is 13.9 Å². The van der Waals surface area contributed by atoms with Crippen LogP contribution in [0.3, 0.4) is 0 Å². The Bertz CT molecular complexity index is 840. The van der Waals surface area contributed by atoms with Gasteiger partial charge in [-0.1, -0.05) is 23.9 Å². The monoisotopic (exact) mass is 346 g/mol. The molecule has 0 aliphatic carbocycles. The summed E-state index contributed by atoms with van der Waals surface area (Å²) in [6.45, 7) is 0. The highest BCUT2D eigenvalue weighted by molar-refractivity contribution is 7.98. The van der Waals surface area contributed by atoms with E-state index >= 15 is 0 Å². The largest absolute Gasteiger partial charge is 0.496 e. The summed E-state index contributed by atoms with van der Waals surface area (Å²) in [5.74, 6) is 1.45. The first-order valence-corrected chi connectivity index (χ1v) is 8.08. The van der Waals surface area contributed by atoms with E-state index in [-0.39, 0.29) is 5.82 Å². The first-order valence-electron chi connectivity index (χ1n) is 7.10. The third kappa shape index (κ3) is 3.33. The summed E-state index contributed by atoms with van der Waals surface area (Å²) in [4.78, 5) is 0. The van der Waals surface area contributed by atoms with Gasteiger partial charge in [0, 0.05) is 11.3 Å². The summed E-state index contributed by atoms with van der Waals surface area (Å²) in [6, 6.07) is 11.9. The first kappa shape index (κ1) is 16.3. The molecule has 1 aromatic heterocycles. The predicted molar refractivity (Wildman–Crippen MR) is 88.2 cm³/mol. The maximum atomic E-state index is 13.5. The van der Waals surface area contributed by atoms with Gasteiger partial charge in [0.2, 0.25) is 5.16 Å². The number of hydrogen-bond acceptors (Lipinski definition) is 6. The van der Waals surface area contributed by atoms with Crippen LogP contribution in [0.25, 0.3) is 5.69 Å². The highest BCUT2D eigenvalue weighted by atomic mass is 32.2. The lowest BCUT2D eigenvalue weighted by atomic mass is 10.2. The van der Waals surface area contributed by atoms with E-state index in [4.69, 9.17) is 9.47 Å². The van der Waals surface area contributed by atoms with Crippen LogP contribution in [0.4, 0.5) is 4.39 Å². The van der Waals surface area contributed by atoms with Crippen LogP contribution in [0.1, 0.15) is 5.56 Å². The summed E-state index contributed by atoms with van der Waals surface area (Å²) >= 11 is 1.38. The average Bonchev–Trinajstić information content (AvgIpc) is 3.08. The van der Waals surface area contributed by atoms with Gasteiger partial charge in [0.05, 0.1) is 14.2 Å². The number of rotatable bonds is 6. The molecule has 0 saturated carbocycles. The minimum absolute atomic E-state index is 0.310. The number of thioether (sulfide) groups is 1. The number of benzene rings is 2. The molecule has 0 radical (unpaired) electrons. The summed E-state index contributed by atoms with van der Waals surface area (Å²) < 4.78 is 25.7. The van der Waals surface area contributed by atoms with Crippen LogP contribution < -0.4 is 9.47 Å². The minimum Gasteiger partial charge on any atom is -0.496 e. The molecule has 24 heavy (non-hydrogen) atoms. The van der Waals surface area contributed by atoms with Crippen LogP contribution in [-0.2, 0) is 5.75 Å². The quantitative estimate of drug-likeness (QED) is 0.639. The SMILES string of the molecule is COc1ccc(F)cc1CSc1nnnn1-c1ccccc1OC. The molecule has 2 aromatic carbocycles. The van der Waals surface area contributed by atoms with E-state index < -0.39 is 0 Å². The fourth-order valence-corrected chi connectivity index (χ4v) is 3.09. The Kier molecular flexibility index (Phi) is 4.95. The fraction of sp³-hybridized carbons (Fsp3) is 0.188. The van der Waals surface area contributed by atoms with Crippen LogP contribution in [0.15, 0.2) is 47.6 Å². The van der Waals surface area contributed by atoms with Gasteiger partial charge in [0.15, 0.2) is 0 Å². The van der Waals surface area contributed by atoms with E-state index in [9.17, 15) is 4.39 Å². The second-order valence-corrected chi connectivity index (χ2v) is 5.73. The summed E-state index contributed by atoms with van der Waals surface area (Å²) in [5, 5.41) is 12.4. The van der Waals surface area contributed by atoms with Gasteiger partial charge < -0.3 is 9.47 Å². The molecule has 0 aliphatic heterocycles. The summed E-state index contributed by atoms with van der Waals surface area (Å²) in [7, 11) is 3.15. The zero-order valence-corrected chi connectivity index (χ0v) is 14.0. The number of nitrogens with zero attached hydrogens (tertiary/aromatic N) is 4. The van der Waals surface area contributed by atoms with Gasteiger partial charge >= 0.3 is 0 Å². The van der Waals surface area contributed by atoms with Gasteiger partial charge in [-0.25, -0.2) is 4.39 Å². The van der Waals surface area contributed by atoms with Crippen molar-refractivity contribution in [3.05, 3.63) is 53.8 Å². The average molecular weight is 346 g/mol. The van der Waals surface area contributed by atoms with E-state index in [1.807, 2.05) is 24.3 Å². The van der Waals surface area contributed by atoms with Gasteiger partial charge in [-0.15, -0.1) is 5.10 Å². The molecule has 0 aliphatic rings. The molecule has 3 rings (SSSR count). The maximum absolute atomic E-state index is 13.5. The van der Waals surface area contributed by atoms with Crippen LogP contribution in [-0.4, -0.2) is 34.4 Å². The lowest BCUT2D eigenvalue weighted by Gasteiger charge is -2.10. The molecule has 8 heteroatoms. The van der Waals surface area contributed by atoms with Crippen molar-refractivity contribution in [2.45, 2.75) is 10.9 Å². The van der Waals surface area contributed by atoms with E-state index in [1.54, 1.807) is 25.0 Å². The van der Waals surface area contributed by atoms with E-state index in [0.29, 0.717) is 22.4 Å². The van der Waals surface area contributed by atoms with E-state index in [2.05, 4.69) is 15.5 Å². The smallest absolute Gasteiger partial charge is 0.214 e. The topological polar surface area (TPSA) is 62.1 Å². The molecule has 0 spiro atoms. The van der Waals surface area contributed by atoms with Gasteiger partial charge in [0.25, 0.3) is 0 Å². The summed E-state index contributed by atoms with van der Waals surface area (Å²) in [5.41, 5.74) is 1.47. The Morgan fingerprint density at radius 1 is 1.08 bits per heavy atom. The Balaban J connectivity index is 1.86. The van der Waals surface area contributed by atoms with Crippen LogP contribution >= 0.6 is 11.8 Å². The molecule has 0 bridgehead atoms. The van der Waals surface area contributed by atoms with Crippen LogP contribution in [0.2, 0.25) is 0 Å². The standard InChI is InChI=1S/C16H15FN4O2S/c1-22-14-8-7-12(17)9-11(14)10-24-16-18-19-20-21(16)13-5-3-4-6-15(13)23-2/h3-9H,10H2,1-2H3. The van der Waals surface area contributed by atoms with Crippen molar-refractivity contribution in [2.75, 3.05) is 14.2 Å². The van der Waals surface area contributed by atoms with E-state index in [0.717, 1.165) is 11.3 Å². The van der Waals surface area contributed by atoms with Crippen LogP contribution in [0, 0.1) is 5.82 Å². The molecule has 1 heterocycles.